The monoisotopic (exact) mass is 920 g/mol. The predicted octanol–water partition coefficient (Wildman–Crippen LogP) is 5.96. The molecule has 3 atom stereocenters. The van der Waals surface area contributed by atoms with Gasteiger partial charge in [-0.05, 0) is 79.5 Å². The Morgan fingerprint density at radius 2 is 1.67 bits per heavy atom. The Morgan fingerprint density at radius 3 is 2.36 bits per heavy atom. The van der Waals surface area contributed by atoms with Gasteiger partial charge < -0.3 is 39.2 Å². The van der Waals surface area contributed by atoms with Crippen molar-refractivity contribution >= 4 is 40.6 Å². The summed E-state index contributed by atoms with van der Waals surface area (Å²) in [6, 6.07) is 20.1. The number of carbonyl (C=O) groups is 5. The third-order valence-corrected chi connectivity index (χ3v) is 12.9. The second kappa shape index (κ2) is 22.5. The highest BCUT2D eigenvalue weighted by atomic mass is 16.5. The van der Waals surface area contributed by atoms with Crippen molar-refractivity contribution in [2.75, 3.05) is 60.1 Å². The maximum atomic E-state index is 14.5. The predicted molar refractivity (Wildman–Crippen MR) is 259 cm³/mol. The molecule has 4 aromatic rings. The first-order chi connectivity index (χ1) is 32.1. The summed E-state index contributed by atoms with van der Waals surface area (Å²) < 4.78 is 13.9. The first-order valence-corrected chi connectivity index (χ1v) is 23.5. The fraction of sp³-hybridized carbons (Fsp3) is 0.481. The number of carbonyl (C=O) groups excluding carboxylic acids is 5. The molecule has 3 N–H and O–H groups in total. The minimum absolute atomic E-state index is 0.0105. The number of ether oxygens (including phenoxy) is 2. The molecule has 0 aliphatic carbocycles. The van der Waals surface area contributed by atoms with Gasteiger partial charge in [0.1, 0.15) is 23.9 Å². The molecule has 0 unspecified atom stereocenters. The average Bonchev–Trinajstić information content (AvgIpc) is 3.63. The normalized spacial score (nSPS) is 16.4. The first kappa shape index (κ1) is 50.2. The SMILES string of the molecule is C=CC(=O)N1CCN(C(=O)N(C)[C@H](C(=O)N[C@@H](Cc2cccc(O)c2)C(=O)N2CCC[C@@H](C(=O)OCC(C)(C)Cc3c(-c4ccccc4CCOC)n(CC)c4ccccc34)N2)C(C)C)CC1. The van der Waals surface area contributed by atoms with Crippen LogP contribution in [0.25, 0.3) is 22.2 Å². The van der Waals surface area contributed by atoms with Gasteiger partial charge in [0.2, 0.25) is 11.8 Å². The number of aryl methyl sites for hydroxylation is 1. The molecule has 1 aromatic heterocycles. The molecule has 0 radical (unpaired) electrons. The second-order valence-electron chi connectivity index (χ2n) is 18.8. The Labute approximate surface area is 395 Å². The number of benzene rings is 3. The van der Waals surface area contributed by atoms with Crippen LogP contribution in [0.5, 0.6) is 5.75 Å². The highest BCUT2D eigenvalue weighted by molar-refractivity contribution is 5.94. The molecule has 15 heteroatoms. The number of fused-ring (bicyclic) bond motifs is 1. The van der Waals surface area contributed by atoms with Crippen molar-refractivity contribution in [3.63, 3.8) is 0 Å². The van der Waals surface area contributed by atoms with Crippen molar-refractivity contribution in [2.24, 2.45) is 11.3 Å². The number of methoxy groups -OCH3 is 1. The fourth-order valence-electron chi connectivity index (χ4n) is 9.46. The number of para-hydroxylation sites is 1. The maximum Gasteiger partial charge on any atom is 0.324 e. The molecule has 2 aliphatic rings. The van der Waals surface area contributed by atoms with Crippen LogP contribution in [0.2, 0.25) is 0 Å². The zero-order valence-corrected chi connectivity index (χ0v) is 40.3. The fourth-order valence-corrected chi connectivity index (χ4v) is 9.46. The number of hydrogen-bond acceptors (Lipinski definition) is 9. The summed E-state index contributed by atoms with van der Waals surface area (Å²) in [4.78, 5) is 73.3. The lowest BCUT2D eigenvalue weighted by Gasteiger charge is -2.39. The van der Waals surface area contributed by atoms with Crippen LogP contribution in [-0.4, -0.2) is 137 Å². The van der Waals surface area contributed by atoms with Crippen LogP contribution in [0.3, 0.4) is 0 Å². The van der Waals surface area contributed by atoms with Crippen LogP contribution in [0.4, 0.5) is 4.79 Å². The highest BCUT2D eigenvalue weighted by Crippen LogP contribution is 2.39. The van der Waals surface area contributed by atoms with Gasteiger partial charge >= 0.3 is 12.0 Å². The van der Waals surface area contributed by atoms with Crippen LogP contribution in [-0.2, 0) is 54.5 Å². The van der Waals surface area contributed by atoms with E-state index in [4.69, 9.17) is 9.47 Å². The van der Waals surface area contributed by atoms with E-state index in [1.54, 1.807) is 36.1 Å². The summed E-state index contributed by atoms with van der Waals surface area (Å²) in [5.41, 5.74) is 9.09. The van der Waals surface area contributed by atoms with Crippen molar-refractivity contribution in [3.05, 3.63) is 102 Å². The van der Waals surface area contributed by atoms with Gasteiger partial charge in [0.05, 0.1) is 18.9 Å². The summed E-state index contributed by atoms with van der Waals surface area (Å²) >= 11 is 0. The Bertz CT molecular complexity index is 2400. The standard InChI is InChI=1S/C52H69N7O8/c1-9-45(61)56-26-28-57(29-27-56)51(65)55(7)46(35(3)4)48(62)53-43(32-36-17-15-19-38(60)31-36)49(63)59-25-16-22-42(54-59)50(64)67-34-52(5,6)33-41-40-21-13-14-23-44(40)58(10-2)47(41)39-20-12-11-18-37(39)24-30-66-8/h9,11-15,17-21,23,31,35,42-43,46,54,60H,1,10,16,22,24-30,32-34H2,2-8H3,(H,53,62)/t42-,43-,46-/m0/s1. The number of phenolic OH excluding ortho intramolecular Hbond substituents is 1. The number of phenols is 1. The Balaban J connectivity index is 1.16. The van der Waals surface area contributed by atoms with Crippen LogP contribution in [0.15, 0.2) is 85.5 Å². The van der Waals surface area contributed by atoms with Crippen molar-refractivity contribution in [3.8, 4) is 17.0 Å². The first-order valence-electron chi connectivity index (χ1n) is 23.5. The van der Waals surface area contributed by atoms with Gasteiger partial charge in [0.15, 0.2) is 0 Å². The Hall–Kier alpha value is -6.19. The Morgan fingerprint density at radius 1 is 0.970 bits per heavy atom. The number of aromatic nitrogens is 1. The summed E-state index contributed by atoms with van der Waals surface area (Å²) in [5, 5.41) is 15.8. The van der Waals surface area contributed by atoms with Crippen LogP contribution in [0, 0.1) is 11.3 Å². The minimum Gasteiger partial charge on any atom is -0.508 e. The molecule has 0 spiro atoms. The second-order valence-corrected chi connectivity index (χ2v) is 18.8. The molecule has 0 saturated carbocycles. The van der Waals surface area contributed by atoms with Crippen LogP contribution in [0.1, 0.15) is 64.2 Å². The van der Waals surface area contributed by atoms with Gasteiger partial charge in [0, 0.05) is 81.7 Å². The van der Waals surface area contributed by atoms with Gasteiger partial charge in [0.25, 0.3) is 5.91 Å². The molecule has 2 saturated heterocycles. The molecule has 6 rings (SSSR count). The molecule has 67 heavy (non-hydrogen) atoms. The molecular formula is C52H69N7O8. The van der Waals surface area contributed by atoms with E-state index in [2.05, 4.69) is 91.2 Å². The summed E-state index contributed by atoms with van der Waals surface area (Å²) in [7, 11) is 3.28. The van der Waals surface area contributed by atoms with E-state index in [1.807, 2.05) is 13.8 Å². The molecular weight excluding hydrogens is 851 g/mol. The molecule has 2 fully saturated rings. The van der Waals surface area contributed by atoms with Gasteiger partial charge in [-0.1, -0.05) is 88.9 Å². The largest absolute Gasteiger partial charge is 0.508 e. The third kappa shape index (κ3) is 12.0. The number of piperazine rings is 1. The van der Waals surface area contributed by atoms with Gasteiger partial charge in [-0.3, -0.25) is 24.2 Å². The number of hydrogen-bond donors (Lipinski definition) is 3. The number of nitrogens with zero attached hydrogens (tertiary/aromatic N) is 5. The smallest absolute Gasteiger partial charge is 0.324 e. The molecule has 0 bridgehead atoms. The molecule has 3 aromatic carbocycles. The van der Waals surface area contributed by atoms with Crippen molar-refractivity contribution in [2.45, 2.75) is 91.4 Å². The van der Waals surface area contributed by atoms with E-state index in [1.165, 1.54) is 39.2 Å². The molecule has 3 heterocycles. The number of amides is 5. The van der Waals surface area contributed by atoms with E-state index in [-0.39, 0.29) is 43.2 Å². The van der Waals surface area contributed by atoms with Crippen molar-refractivity contribution in [1.82, 2.24) is 35.0 Å². The zero-order chi connectivity index (χ0) is 48.4. The number of aromatic hydroxyl groups is 1. The number of rotatable bonds is 18. The van der Waals surface area contributed by atoms with Crippen LogP contribution < -0.4 is 10.7 Å². The molecule has 5 amide bonds. The van der Waals surface area contributed by atoms with E-state index >= 15 is 0 Å². The summed E-state index contributed by atoms with van der Waals surface area (Å²) in [5.74, 6) is -2.00. The summed E-state index contributed by atoms with van der Waals surface area (Å²) in [6.45, 7) is 16.6. The third-order valence-electron chi connectivity index (χ3n) is 12.9. The van der Waals surface area contributed by atoms with Crippen molar-refractivity contribution in [1.29, 1.82) is 0 Å². The summed E-state index contributed by atoms with van der Waals surface area (Å²) in [6.07, 6.45) is 3.64. The zero-order valence-electron chi connectivity index (χ0n) is 40.3. The van der Waals surface area contributed by atoms with E-state index < -0.39 is 41.3 Å². The average molecular weight is 920 g/mol. The minimum atomic E-state index is -1.12. The maximum absolute atomic E-state index is 14.5. The number of hydrazine groups is 1. The molecule has 360 valence electrons. The lowest BCUT2D eigenvalue weighted by Crippen LogP contribution is -2.63. The molecule has 15 nitrogen and oxygen atoms in total. The Kier molecular flexibility index (Phi) is 16.9. The number of nitrogens with one attached hydrogen (secondary N) is 2. The van der Waals surface area contributed by atoms with Crippen molar-refractivity contribution < 1.29 is 38.6 Å². The lowest BCUT2D eigenvalue weighted by molar-refractivity contribution is -0.155. The van der Waals surface area contributed by atoms with E-state index in [9.17, 15) is 29.1 Å². The number of esters is 1. The quantitative estimate of drug-likeness (QED) is 0.0807. The topological polar surface area (TPSA) is 166 Å². The van der Waals surface area contributed by atoms with E-state index in [0.717, 1.165) is 35.1 Å². The number of urea groups is 1. The van der Waals surface area contributed by atoms with Gasteiger partial charge in [-0.25, -0.2) is 10.2 Å². The molecule has 2 aliphatic heterocycles. The lowest BCUT2D eigenvalue weighted by atomic mass is 9.84. The van der Waals surface area contributed by atoms with Crippen LogP contribution >= 0.6 is 0 Å². The highest BCUT2D eigenvalue weighted by Gasteiger charge is 2.39. The van der Waals surface area contributed by atoms with Gasteiger partial charge in [-0.15, -0.1) is 0 Å². The van der Waals surface area contributed by atoms with E-state index in [0.29, 0.717) is 57.6 Å². The number of likely N-dealkylation sites (N-methyl/N-ethyl adjacent to an activating group) is 1. The van der Waals surface area contributed by atoms with Gasteiger partial charge in [-0.2, -0.15) is 0 Å².